The molecule has 2 aliphatic rings. The van der Waals surface area contributed by atoms with Crippen molar-refractivity contribution < 1.29 is 24.5 Å². The molecule has 0 aliphatic carbocycles. The maximum Gasteiger partial charge on any atom is 0.224 e. The number of carbonyl (C=O) groups is 1. The zero-order valence-electron chi connectivity index (χ0n) is 11.6. The summed E-state index contributed by atoms with van der Waals surface area (Å²) in [6.07, 6.45) is -0.940. The monoisotopic (exact) mass is 293 g/mol. The van der Waals surface area contributed by atoms with E-state index in [1.807, 2.05) is 12.1 Å². The third kappa shape index (κ3) is 3.08. The molecule has 1 amide bonds. The Morgan fingerprint density at radius 2 is 1.81 bits per heavy atom. The maximum absolute atomic E-state index is 12.1. The van der Waals surface area contributed by atoms with E-state index in [1.165, 1.54) is 0 Å². The number of fused-ring (bicyclic) bond motifs is 1. The molecule has 114 valence electrons. The van der Waals surface area contributed by atoms with Gasteiger partial charge in [0.05, 0.1) is 32.3 Å². The quantitative estimate of drug-likeness (QED) is 0.687. The molecule has 6 nitrogen and oxygen atoms in total. The van der Waals surface area contributed by atoms with Gasteiger partial charge in [0.1, 0.15) is 18.3 Å². The van der Waals surface area contributed by atoms with Crippen molar-refractivity contribution in [2.45, 2.75) is 37.4 Å². The third-order valence-corrected chi connectivity index (χ3v) is 3.94. The van der Waals surface area contributed by atoms with Crippen molar-refractivity contribution in [1.82, 2.24) is 5.32 Å². The summed E-state index contributed by atoms with van der Waals surface area (Å²) < 4.78 is 10.9. The molecule has 0 bridgehead atoms. The van der Waals surface area contributed by atoms with E-state index in [1.54, 1.807) is 12.1 Å². The highest BCUT2D eigenvalue weighted by atomic mass is 16.6. The Balaban J connectivity index is 1.54. The Morgan fingerprint density at radius 1 is 1.14 bits per heavy atom. The summed E-state index contributed by atoms with van der Waals surface area (Å²) >= 11 is 0. The molecule has 2 aliphatic heterocycles. The number of carbonyl (C=O) groups excluding carboxylic acids is 1. The maximum atomic E-state index is 12.1. The number of hydrogen-bond acceptors (Lipinski definition) is 5. The highest BCUT2D eigenvalue weighted by Crippen LogP contribution is 2.26. The lowest BCUT2D eigenvalue weighted by atomic mass is 10.1. The number of hydrogen-bond donors (Lipinski definition) is 3. The van der Waals surface area contributed by atoms with Gasteiger partial charge in [0.2, 0.25) is 5.91 Å². The van der Waals surface area contributed by atoms with E-state index in [0.717, 1.165) is 11.1 Å². The third-order valence-electron chi connectivity index (χ3n) is 3.94. The van der Waals surface area contributed by atoms with Crippen LogP contribution in [0.4, 0.5) is 0 Å². The summed E-state index contributed by atoms with van der Waals surface area (Å²) in [6.45, 7) is 0.612. The van der Waals surface area contributed by atoms with Crippen LogP contribution in [0.3, 0.4) is 0 Å². The molecule has 0 radical (unpaired) electrons. The molecular weight excluding hydrogens is 274 g/mol. The van der Waals surface area contributed by atoms with Gasteiger partial charge in [-0.15, -0.1) is 0 Å². The van der Waals surface area contributed by atoms with E-state index in [9.17, 15) is 9.90 Å². The molecule has 2 saturated heterocycles. The molecule has 1 aromatic rings. The van der Waals surface area contributed by atoms with Gasteiger partial charge in [-0.2, -0.15) is 0 Å². The Morgan fingerprint density at radius 3 is 2.52 bits per heavy atom. The summed E-state index contributed by atoms with van der Waals surface area (Å²) in [6, 6.07) is 7.04. The number of amides is 1. The lowest BCUT2D eigenvalue weighted by Crippen LogP contribution is -2.44. The van der Waals surface area contributed by atoms with Gasteiger partial charge in [-0.1, -0.05) is 24.3 Å². The van der Waals surface area contributed by atoms with Crippen LogP contribution in [-0.4, -0.2) is 53.7 Å². The number of rotatable bonds is 4. The molecule has 6 heteroatoms. The fourth-order valence-corrected chi connectivity index (χ4v) is 2.81. The molecule has 2 fully saturated rings. The van der Waals surface area contributed by atoms with Crippen molar-refractivity contribution >= 4 is 5.91 Å². The van der Waals surface area contributed by atoms with Gasteiger partial charge < -0.3 is 25.0 Å². The number of ether oxygens (including phenoxy) is 2. The van der Waals surface area contributed by atoms with Crippen LogP contribution in [-0.2, 0) is 27.3 Å². The van der Waals surface area contributed by atoms with Gasteiger partial charge in [0.15, 0.2) is 0 Å². The largest absolute Gasteiger partial charge is 0.392 e. The molecule has 0 spiro atoms. The molecule has 2 heterocycles. The van der Waals surface area contributed by atoms with Crippen molar-refractivity contribution in [3.8, 4) is 0 Å². The minimum atomic E-state index is -0.608. The van der Waals surface area contributed by atoms with Crippen molar-refractivity contribution in [3.63, 3.8) is 0 Å². The summed E-state index contributed by atoms with van der Waals surface area (Å²) in [5, 5.41) is 21.5. The van der Waals surface area contributed by atoms with Crippen LogP contribution in [0.15, 0.2) is 24.3 Å². The molecule has 1 aromatic carbocycles. The van der Waals surface area contributed by atoms with E-state index in [-0.39, 0.29) is 43.8 Å². The first-order valence-corrected chi connectivity index (χ1v) is 7.06. The normalized spacial score (nSPS) is 31.1. The zero-order chi connectivity index (χ0) is 14.8. The predicted octanol–water partition coefficient (Wildman–Crippen LogP) is -0.635. The van der Waals surface area contributed by atoms with E-state index < -0.39 is 6.10 Å². The first kappa shape index (κ1) is 14.5. The van der Waals surface area contributed by atoms with Gasteiger partial charge >= 0.3 is 0 Å². The van der Waals surface area contributed by atoms with Crippen LogP contribution >= 0.6 is 0 Å². The summed E-state index contributed by atoms with van der Waals surface area (Å²) in [4.78, 5) is 12.1. The van der Waals surface area contributed by atoms with Gasteiger partial charge in [0.25, 0.3) is 0 Å². The highest BCUT2D eigenvalue weighted by molar-refractivity contribution is 5.79. The smallest absolute Gasteiger partial charge is 0.224 e. The van der Waals surface area contributed by atoms with Crippen LogP contribution in [0.5, 0.6) is 0 Å². The number of nitrogens with one attached hydrogen (secondary N) is 1. The molecular formula is C15H19NO5. The molecule has 0 saturated carbocycles. The van der Waals surface area contributed by atoms with Crippen molar-refractivity contribution in [2.75, 3.05) is 13.2 Å². The Labute approximate surface area is 122 Å². The Hall–Kier alpha value is -1.47. The fourth-order valence-electron chi connectivity index (χ4n) is 2.81. The average Bonchev–Trinajstić information content (AvgIpc) is 3.04. The SMILES string of the molecule is O=C(Cc1ccc(CO)cc1)N[C@@H]1CO[C@H]2[C@@H]1OC[C@H]2O. The van der Waals surface area contributed by atoms with Crippen molar-refractivity contribution in [1.29, 1.82) is 0 Å². The molecule has 21 heavy (non-hydrogen) atoms. The van der Waals surface area contributed by atoms with Crippen LogP contribution < -0.4 is 5.32 Å². The standard InChI is InChI=1S/C15H19NO5/c17-6-10-3-1-9(2-4-10)5-13(19)16-11-7-20-15-12(18)8-21-14(11)15/h1-4,11-12,14-15,17-18H,5-8H2,(H,16,19)/t11-,12-,14-,15-/m1/s1. The van der Waals surface area contributed by atoms with E-state index >= 15 is 0 Å². The number of aliphatic hydroxyl groups excluding tert-OH is 2. The lowest BCUT2D eigenvalue weighted by Gasteiger charge is -2.17. The molecule has 0 aromatic heterocycles. The van der Waals surface area contributed by atoms with Gasteiger partial charge in [0, 0.05) is 0 Å². The molecule has 3 rings (SSSR count). The van der Waals surface area contributed by atoms with E-state index in [4.69, 9.17) is 14.6 Å². The van der Waals surface area contributed by atoms with Crippen molar-refractivity contribution in [3.05, 3.63) is 35.4 Å². The minimum absolute atomic E-state index is 0.00533. The number of aliphatic hydroxyl groups is 2. The van der Waals surface area contributed by atoms with E-state index in [2.05, 4.69) is 5.32 Å². The van der Waals surface area contributed by atoms with Crippen molar-refractivity contribution in [2.24, 2.45) is 0 Å². The second kappa shape index (κ2) is 6.11. The van der Waals surface area contributed by atoms with E-state index in [0.29, 0.717) is 6.61 Å². The fraction of sp³-hybridized carbons (Fsp3) is 0.533. The Kier molecular flexibility index (Phi) is 4.21. The van der Waals surface area contributed by atoms with Crippen LogP contribution in [0, 0.1) is 0 Å². The molecule has 3 N–H and O–H groups in total. The topological polar surface area (TPSA) is 88.0 Å². The first-order chi connectivity index (χ1) is 10.2. The van der Waals surface area contributed by atoms with Gasteiger partial charge in [-0.05, 0) is 11.1 Å². The first-order valence-electron chi connectivity index (χ1n) is 7.06. The van der Waals surface area contributed by atoms with Crippen LogP contribution in [0.25, 0.3) is 0 Å². The molecule has 0 unspecified atom stereocenters. The molecule has 4 atom stereocenters. The van der Waals surface area contributed by atoms with Crippen LogP contribution in [0.2, 0.25) is 0 Å². The second-order valence-electron chi connectivity index (χ2n) is 5.49. The number of benzene rings is 1. The van der Waals surface area contributed by atoms with Crippen LogP contribution in [0.1, 0.15) is 11.1 Å². The van der Waals surface area contributed by atoms with Gasteiger partial charge in [-0.3, -0.25) is 4.79 Å². The summed E-state index contributed by atoms with van der Waals surface area (Å²) in [5.74, 6) is -0.106. The minimum Gasteiger partial charge on any atom is -0.392 e. The van der Waals surface area contributed by atoms with Gasteiger partial charge in [-0.25, -0.2) is 0 Å². The summed E-state index contributed by atoms with van der Waals surface area (Å²) in [5.41, 5.74) is 1.70. The predicted molar refractivity (Wildman–Crippen MR) is 73.5 cm³/mol. The lowest BCUT2D eigenvalue weighted by molar-refractivity contribution is -0.121. The second-order valence-corrected chi connectivity index (χ2v) is 5.49. The zero-order valence-corrected chi connectivity index (χ0v) is 11.6. The Bertz CT molecular complexity index is 503. The average molecular weight is 293 g/mol. The summed E-state index contributed by atoms with van der Waals surface area (Å²) in [7, 11) is 0. The highest BCUT2D eigenvalue weighted by Gasteiger charge is 2.47.